The molecule has 1 amide bonds. The van der Waals surface area contributed by atoms with Crippen LogP contribution in [0.25, 0.3) is 0 Å². The van der Waals surface area contributed by atoms with Crippen molar-refractivity contribution in [3.63, 3.8) is 0 Å². The third-order valence-corrected chi connectivity index (χ3v) is 6.33. The number of unbranched alkanes of at least 4 members (excludes halogenated alkanes) is 2. The molecule has 1 atom stereocenters. The van der Waals surface area contributed by atoms with Crippen molar-refractivity contribution in [1.29, 1.82) is 0 Å². The summed E-state index contributed by atoms with van der Waals surface area (Å²) in [6, 6.07) is 3.52. The van der Waals surface area contributed by atoms with Gasteiger partial charge in [-0.2, -0.15) is 0 Å². The van der Waals surface area contributed by atoms with E-state index in [1.807, 2.05) is 21.6 Å². The molecule has 3 nitrogen and oxygen atoms in total. The SMILES string of the molecule is NC(=O)c1cccnc1CCCCCC1CCSS1. The molecular weight excluding hydrogens is 276 g/mol. The molecule has 2 N–H and O–H groups in total. The molecular formula is C14H20N2OS2. The Bertz CT molecular complexity index is 420. The molecule has 0 aromatic carbocycles. The fourth-order valence-corrected chi connectivity index (χ4v) is 5.29. The average Bonchev–Trinajstić information content (AvgIpc) is 2.92. The first-order valence-electron chi connectivity index (χ1n) is 6.79. The highest BCUT2D eigenvalue weighted by atomic mass is 33.1. The van der Waals surface area contributed by atoms with Crippen molar-refractivity contribution < 1.29 is 4.79 Å². The normalized spacial score (nSPS) is 18.6. The smallest absolute Gasteiger partial charge is 0.250 e. The third-order valence-electron chi connectivity index (χ3n) is 3.32. The van der Waals surface area contributed by atoms with Crippen LogP contribution in [0.5, 0.6) is 0 Å². The summed E-state index contributed by atoms with van der Waals surface area (Å²) in [4.78, 5) is 15.5. The number of aryl methyl sites for hydroxylation is 1. The van der Waals surface area contributed by atoms with Crippen LogP contribution in [-0.4, -0.2) is 21.9 Å². The van der Waals surface area contributed by atoms with Crippen LogP contribution in [-0.2, 0) is 6.42 Å². The highest BCUT2D eigenvalue weighted by molar-refractivity contribution is 8.77. The minimum absolute atomic E-state index is 0.373. The van der Waals surface area contributed by atoms with Crippen molar-refractivity contribution in [3.8, 4) is 0 Å². The molecule has 0 aliphatic carbocycles. The van der Waals surface area contributed by atoms with Crippen LogP contribution >= 0.6 is 21.6 Å². The fourth-order valence-electron chi connectivity index (χ4n) is 2.27. The molecule has 1 saturated heterocycles. The lowest BCUT2D eigenvalue weighted by Crippen LogP contribution is -2.14. The van der Waals surface area contributed by atoms with Crippen molar-refractivity contribution in [2.75, 3.05) is 5.75 Å². The lowest BCUT2D eigenvalue weighted by atomic mass is 10.0. The number of carbonyl (C=O) groups excluding carboxylic acids is 1. The maximum Gasteiger partial charge on any atom is 0.250 e. The summed E-state index contributed by atoms with van der Waals surface area (Å²) >= 11 is 0. The van der Waals surface area contributed by atoms with Crippen LogP contribution in [0, 0.1) is 0 Å². The van der Waals surface area contributed by atoms with Crippen LogP contribution in [0.15, 0.2) is 18.3 Å². The second kappa shape index (κ2) is 7.80. The van der Waals surface area contributed by atoms with Gasteiger partial charge in [-0.15, -0.1) is 0 Å². The number of rotatable bonds is 7. The lowest BCUT2D eigenvalue weighted by Gasteiger charge is -2.07. The van der Waals surface area contributed by atoms with E-state index in [0.29, 0.717) is 5.56 Å². The summed E-state index contributed by atoms with van der Waals surface area (Å²) in [5.74, 6) is 0.938. The average molecular weight is 296 g/mol. The van der Waals surface area contributed by atoms with E-state index in [9.17, 15) is 4.79 Å². The van der Waals surface area contributed by atoms with E-state index in [1.165, 1.54) is 31.4 Å². The van der Waals surface area contributed by atoms with Crippen molar-refractivity contribution >= 4 is 27.5 Å². The van der Waals surface area contributed by atoms with Crippen LogP contribution in [0.4, 0.5) is 0 Å². The number of carbonyl (C=O) groups is 1. The molecule has 0 saturated carbocycles. The summed E-state index contributed by atoms with van der Waals surface area (Å²) in [6.45, 7) is 0. The van der Waals surface area contributed by atoms with E-state index in [0.717, 1.165) is 23.8 Å². The van der Waals surface area contributed by atoms with Gasteiger partial charge < -0.3 is 5.73 Å². The summed E-state index contributed by atoms with van der Waals surface area (Å²) in [7, 11) is 4.05. The van der Waals surface area contributed by atoms with Crippen molar-refractivity contribution in [2.24, 2.45) is 5.73 Å². The summed E-state index contributed by atoms with van der Waals surface area (Å²) < 4.78 is 0. The molecule has 1 aliphatic heterocycles. The topological polar surface area (TPSA) is 56.0 Å². The van der Waals surface area contributed by atoms with E-state index in [4.69, 9.17) is 5.73 Å². The number of nitrogens with two attached hydrogens (primary N) is 1. The standard InChI is InChI=1S/C14H20N2OS2/c15-14(17)12-6-4-9-16-13(12)7-3-1-2-5-11-8-10-18-19-11/h4,6,9,11H,1-3,5,7-8,10H2,(H2,15,17). The van der Waals surface area contributed by atoms with Gasteiger partial charge in [0, 0.05) is 17.2 Å². The first-order chi connectivity index (χ1) is 9.27. The highest BCUT2D eigenvalue weighted by Gasteiger charge is 2.15. The van der Waals surface area contributed by atoms with Crippen LogP contribution in [0.3, 0.4) is 0 Å². The predicted octanol–water partition coefficient (Wildman–Crippen LogP) is 3.44. The van der Waals surface area contributed by atoms with Gasteiger partial charge in [-0.1, -0.05) is 34.4 Å². The largest absolute Gasteiger partial charge is 0.366 e. The Morgan fingerprint density at radius 1 is 1.42 bits per heavy atom. The molecule has 5 heteroatoms. The van der Waals surface area contributed by atoms with Gasteiger partial charge >= 0.3 is 0 Å². The summed E-state index contributed by atoms with van der Waals surface area (Å²) in [5, 5.41) is 0.862. The number of nitrogens with zero attached hydrogens (tertiary/aromatic N) is 1. The maximum absolute atomic E-state index is 11.3. The Morgan fingerprint density at radius 2 is 2.32 bits per heavy atom. The van der Waals surface area contributed by atoms with Gasteiger partial charge in [-0.25, -0.2) is 0 Å². The maximum atomic E-state index is 11.3. The molecule has 0 bridgehead atoms. The van der Waals surface area contributed by atoms with E-state index >= 15 is 0 Å². The Hall–Kier alpha value is -0.680. The zero-order valence-corrected chi connectivity index (χ0v) is 12.6. The quantitative estimate of drug-likeness (QED) is 0.618. The van der Waals surface area contributed by atoms with Crippen molar-refractivity contribution in [3.05, 3.63) is 29.6 Å². The van der Waals surface area contributed by atoms with Crippen molar-refractivity contribution in [1.82, 2.24) is 4.98 Å². The minimum Gasteiger partial charge on any atom is -0.366 e. The van der Waals surface area contributed by atoms with Crippen molar-refractivity contribution in [2.45, 2.75) is 43.8 Å². The van der Waals surface area contributed by atoms with Gasteiger partial charge in [-0.05, 0) is 37.8 Å². The number of amides is 1. The molecule has 1 fully saturated rings. The van der Waals surface area contributed by atoms with E-state index < -0.39 is 0 Å². The monoisotopic (exact) mass is 296 g/mol. The van der Waals surface area contributed by atoms with Gasteiger partial charge in [0.1, 0.15) is 0 Å². The third kappa shape index (κ3) is 4.73. The van der Waals surface area contributed by atoms with Crippen LogP contribution in [0.2, 0.25) is 0 Å². The van der Waals surface area contributed by atoms with Crippen LogP contribution < -0.4 is 5.73 Å². The highest BCUT2D eigenvalue weighted by Crippen LogP contribution is 2.39. The fraction of sp³-hybridized carbons (Fsp3) is 0.571. The second-order valence-corrected chi connectivity index (χ2v) is 7.58. The van der Waals surface area contributed by atoms with Gasteiger partial charge in [0.2, 0.25) is 0 Å². The number of hydrogen-bond acceptors (Lipinski definition) is 4. The zero-order chi connectivity index (χ0) is 13.5. The van der Waals surface area contributed by atoms with Gasteiger partial charge in [-0.3, -0.25) is 9.78 Å². The lowest BCUT2D eigenvalue weighted by molar-refractivity contribution is 0.0999. The van der Waals surface area contributed by atoms with E-state index in [2.05, 4.69) is 4.98 Å². The molecule has 0 spiro atoms. The van der Waals surface area contributed by atoms with E-state index in [1.54, 1.807) is 18.3 Å². The number of hydrogen-bond donors (Lipinski definition) is 1. The van der Waals surface area contributed by atoms with E-state index in [-0.39, 0.29) is 5.91 Å². The molecule has 104 valence electrons. The Balaban J connectivity index is 1.69. The Kier molecular flexibility index (Phi) is 6.04. The molecule has 2 heterocycles. The molecule has 0 radical (unpaired) electrons. The molecule has 2 rings (SSSR count). The second-order valence-electron chi connectivity index (χ2n) is 4.79. The summed E-state index contributed by atoms with van der Waals surface area (Å²) in [5.41, 5.74) is 6.77. The number of pyridine rings is 1. The van der Waals surface area contributed by atoms with Gasteiger partial charge in [0.05, 0.1) is 11.3 Å². The number of aromatic nitrogens is 1. The van der Waals surface area contributed by atoms with Crippen LogP contribution in [0.1, 0.15) is 48.2 Å². The first-order valence-corrected chi connectivity index (χ1v) is 9.17. The molecule has 19 heavy (non-hydrogen) atoms. The summed E-state index contributed by atoms with van der Waals surface area (Å²) in [6.07, 6.45) is 8.83. The zero-order valence-electron chi connectivity index (χ0n) is 11.0. The molecule has 1 unspecified atom stereocenters. The Labute approximate surface area is 122 Å². The van der Waals surface area contributed by atoms with Gasteiger partial charge in [0.15, 0.2) is 0 Å². The minimum atomic E-state index is -0.373. The molecule has 1 aromatic rings. The van der Waals surface area contributed by atoms with Gasteiger partial charge in [0.25, 0.3) is 5.91 Å². The first kappa shape index (κ1) is 14.7. The predicted molar refractivity (Wildman–Crippen MR) is 83.4 cm³/mol. The molecule has 1 aromatic heterocycles. The number of primary amides is 1. The Morgan fingerprint density at radius 3 is 3.05 bits per heavy atom. The molecule has 1 aliphatic rings.